The van der Waals surface area contributed by atoms with E-state index in [9.17, 15) is 14.4 Å². The number of carbonyl (C=O) groups excluding carboxylic acids is 3. The van der Waals surface area contributed by atoms with Crippen LogP contribution in [0.1, 0.15) is 26.5 Å². The summed E-state index contributed by atoms with van der Waals surface area (Å²) in [6, 6.07) is 9.64. The van der Waals surface area contributed by atoms with Crippen LogP contribution in [0.15, 0.2) is 53.1 Å². The minimum atomic E-state index is -1.24. The number of benzene rings is 1. The first-order chi connectivity index (χ1) is 15.6. The average Bonchev–Trinajstić information content (AvgIpc) is 3.48. The largest absolute Gasteiger partial charge is 0.360 e. The number of anilines is 2. The molecular weight excluding hydrogens is 424 g/mol. The van der Waals surface area contributed by atoms with Crippen LogP contribution in [0.5, 0.6) is 0 Å². The van der Waals surface area contributed by atoms with Gasteiger partial charge in [-0.25, -0.2) is 0 Å². The van der Waals surface area contributed by atoms with Crippen LogP contribution in [0, 0.1) is 18.8 Å². The first kappa shape index (κ1) is 21.4. The third-order valence-corrected chi connectivity index (χ3v) is 6.24. The van der Waals surface area contributed by atoms with Gasteiger partial charge < -0.3 is 19.9 Å². The molecule has 2 N–H and O–H groups in total. The van der Waals surface area contributed by atoms with Crippen molar-refractivity contribution in [2.75, 3.05) is 10.2 Å². The lowest BCUT2D eigenvalue weighted by molar-refractivity contribution is -0.129. The Kier molecular flexibility index (Phi) is 4.72. The van der Waals surface area contributed by atoms with Gasteiger partial charge in [0.15, 0.2) is 5.82 Å². The number of ether oxygens (including phenoxy) is 1. The van der Waals surface area contributed by atoms with Gasteiger partial charge in [0, 0.05) is 17.3 Å². The number of hydrogen-bond donors (Lipinski definition) is 2. The number of nitrogens with zero attached hydrogens (tertiary/aromatic N) is 2. The van der Waals surface area contributed by atoms with E-state index < -0.39 is 41.0 Å². The smallest absolute Gasteiger partial charge is 0.246 e. The minimum absolute atomic E-state index is 0.269. The van der Waals surface area contributed by atoms with Crippen LogP contribution < -0.4 is 15.5 Å². The molecule has 172 valence electrons. The fourth-order valence-electron chi connectivity index (χ4n) is 5.11. The van der Waals surface area contributed by atoms with Gasteiger partial charge in [0.25, 0.3) is 0 Å². The molecule has 3 aliphatic rings. The monoisotopic (exact) mass is 450 g/mol. The van der Waals surface area contributed by atoms with Crippen molar-refractivity contribution in [3.8, 4) is 0 Å². The fourth-order valence-corrected chi connectivity index (χ4v) is 5.11. The van der Waals surface area contributed by atoms with Gasteiger partial charge in [-0.1, -0.05) is 35.5 Å². The number of aromatic nitrogens is 1. The highest BCUT2D eigenvalue weighted by atomic mass is 16.5. The molecule has 2 bridgehead atoms. The van der Waals surface area contributed by atoms with Crippen molar-refractivity contribution < 1.29 is 23.6 Å². The zero-order valence-electron chi connectivity index (χ0n) is 18.9. The maximum Gasteiger partial charge on any atom is 0.246 e. The van der Waals surface area contributed by atoms with Crippen molar-refractivity contribution in [2.24, 2.45) is 11.8 Å². The van der Waals surface area contributed by atoms with Crippen molar-refractivity contribution in [3.05, 3.63) is 54.3 Å². The fraction of sp³-hybridized carbons (Fsp3) is 0.417. The summed E-state index contributed by atoms with van der Waals surface area (Å²) in [5.41, 5.74) is -1.18. The molecule has 3 amide bonds. The number of aryl methyl sites for hydroxylation is 1. The summed E-state index contributed by atoms with van der Waals surface area (Å²) in [5, 5.41) is 9.53. The lowest BCUT2D eigenvalue weighted by atomic mass is 9.74. The number of carbonyl (C=O) groups is 3. The third-order valence-electron chi connectivity index (χ3n) is 6.24. The van der Waals surface area contributed by atoms with Gasteiger partial charge in [0.05, 0.1) is 17.9 Å². The van der Waals surface area contributed by atoms with Crippen molar-refractivity contribution in [3.63, 3.8) is 0 Å². The van der Waals surface area contributed by atoms with E-state index in [0.29, 0.717) is 11.4 Å². The maximum absolute atomic E-state index is 13.8. The van der Waals surface area contributed by atoms with Crippen LogP contribution in [-0.2, 0) is 19.1 Å². The molecule has 9 heteroatoms. The highest BCUT2D eigenvalue weighted by Gasteiger charge is 2.73. The highest BCUT2D eigenvalue weighted by Crippen LogP contribution is 2.56. The quantitative estimate of drug-likeness (QED) is 0.691. The Bertz CT molecular complexity index is 1150. The van der Waals surface area contributed by atoms with E-state index in [-0.39, 0.29) is 17.6 Å². The van der Waals surface area contributed by atoms with Crippen LogP contribution in [0.3, 0.4) is 0 Å². The second-order valence-corrected chi connectivity index (χ2v) is 9.80. The Labute approximate surface area is 191 Å². The third kappa shape index (κ3) is 3.34. The predicted molar refractivity (Wildman–Crippen MR) is 119 cm³/mol. The molecule has 4 heterocycles. The number of para-hydroxylation sites is 1. The van der Waals surface area contributed by atoms with Crippen LogP contribution in [-0.4, -0.2) is 46.2 Å². The van der Waals surface area contributed by atoms with Crippen LogP contribution in [0.25, 0.3) is 0 Å². The molecule has 33 heavy (non-hydrogen) atoms. The summed E-state index contributed by atoms with van der Waals surface area (Å²) in [6.45, 7) is 7.35. The zero-order chi connectivity index (χ0) is 23.5. The number of fused-ring (bicyclic) bond motifs is 1. The zero-order valence-corrected chi connectivity index (χ0v) is 18.9. The van der Waals surface area contributed by atoms with Gasteiger partial charge in [-0.15, -0.1) is 0 Å². The van der Waals surface area contributed by atoms with E-state index in [1.165, 1.54) is 4.90 Å². The molecule has 0 saturated carbocycles. The maximum atomic E-state index is 13.8. The van der Waals surface area contributed by atoms with Crippen LogP contribution in [0.2, 0.25) is 0 Å². The van der Waals surface area contributed by atoms with E-state index in [4.69, 9.17) is 9.26 Å². The molecule has 1 aromatic heterocycles. The van der Waals surface area contributed by atoms with E-state index in [1.807, 2.05) is 26.8 Å². The van der Waals surface area contributed by atoms with Gasteiger partial charge in [0.2, 0.25) is 17.7 Å². The summed E-state index contributed by atoms with van der Waals surface area (Å²) in [5.74, 6) is -1.89. The lowest BCUT2D eigenvalue weighted by Gasteiger charge is -2.34. The van der Waals surface area contributed by atoms with Crippen LogP contribution in [0.4, 0.5) is 11.5 Å². The number of hydrogen-bond acceptors (Lipinski definition) is 6. The summed E-state index contributed by atoms with van der Waals surface area (Å²) in [4.78, 5) is 42.1. The molecule has 2 aromatic rings. The summed E-state index contributed by atoms with van der Waals surface area (Å²) in [6.07, 6.45) is 2.93. The molecule has 2 saturated heterocycles. The van der Waals surface area contributed by atoms with E-state index in [0.717, 1.165) is 0 Å². The molecule has 0 unspecified atom stereocenters. The van der Waals surface area contributed by atoms with E-state index >= 15 is 0 Å². The van der Waals surface area contributed by atoms with Crippen LogP contribution >= 0.6 is 0 Å². The Morgan fingerprint density at radius 2 is 1.88 bits per heavy atom. The number of rotatable bonds is 4. The normalized spacial score (nSPS) is 29.9. The lowest BCUT2D eigenvalue weighted by Crippen LogP contribution is -2.58. The summed E-state index contributed by atoms with van der Waals surface area (Å²) < 4.78 is 11.3. The summed E-state index contributed by atoms with van der Waals surface area (Å²) >= 11 is 0. The minimum Gasteiger partial charge on any atom is -0.360 e. The van der Waals surface area contributed by atoms with Gasteiger partial charge in [-0.3, -0.25) is 19.3 Å². The van der Waals surface area contributed by atoms with Gasteiger partial charge in [-0.2, -0.15) is 0 Å². The molecule has 5 atom stereocenters. The van der Waals surface area contributed by atoms with Gasteiger partial charge in [0.1, 0.15) is 17.4 Å². The SMILES string of the molecule is Cc1cc(NC(=O)[C@H]2[C@H]3C(=O)N(c4ccccc4)[C@H](C(=O)NC(C)(C)C)[C@@]34C=C[C@H]2O4)no1. The Morgan fingerprint density at radius 1 is 1.15 bits per heavy atom. The first-order valence-electron chi connectivity index (χ1n) is 10.9. The van der Waals surface area contributed by atoms with Crippen molar-refractivity contribution in [1.82, 2.24) is 10.5 Å². The van der Waals surface area contributed by atoms with E-state index in [1.54, 1.807) is 49.4 Å². The topological polar surface area (TPSA) is 114 Å². The standard InChI is InChI=1S/C24H26N4O5/c1-13-12-16(27-33-13)25-20(29)17-15-10-11-24(32-15)18(17)22(31)28(14-8-6-5-7-9-14)19(24)21(30)26-23(2,3)4/h5-12,15,17-19H,1-4H3,(H,26,30)(H,25,27,29)/t15-,17-,18+,19-,24-/m1/s1. The molecule has 1 aromatic carbocycles. The average molecular weight is 450 g/mol. The molecule has 5 rings (SSSR count). The molecule has 2 fully saturated rings. The molecule has 1 spiro atoms. The molecule has 0 aliphatic carbocycles. The van der Waals surface area contributed by atoms with Gasteiger partial charge in [-0.05, 0) is 39.8 Å². The Morgan fingerprint density at radius 3 is 2.52 bits per heavy atom. The number of nitrogens with one attached hydrogen (secondary N) is 2. The number of amides is 3. The first-order valence-corrected chi connectivity index (χ1v) is 10.9. The second-order valence-electron chi connectivity index (χ2n) is 9.80. The van der Waals surface area contributed by atoms with Crippen molar-refractivity contribution in [2.45, 2.75) is 51.0 Å². The predicted octanol–water partition coefficient (Wildman–Crippen LogP) is 2.19. The highest BCUT2D eigenvalue weighted by molar-refractivity contribution is 6.11. The van der Waals surface area contributed by atoms with E-state index in [2.05, 4.69) is 15.8 Å². The molecule has 0 radical (unpaired) electrons. The second kappa shape index (κ2) is 7.28. The summed E-state index contributed by atoms with van der Waals surface area (Å²) in [7, 11) is 0. The van der Waals surface area contributed by atoms with Gasteiger partial charge >= 0.3 is 0 Å². The Balaban J connectivity index is 1.55. The molecule has 3 aliphatic heterocycles. The molecule has 9 nitrogen and oxygen atoms in total. The van der Waals surface area contributed by atoms with Crippen molar-refractivity contribution in [1.29, 1.82) is 0 Å². The molecular formula is C24H26N4O5. The Hall–Kier alpha value is -3.46. The van der Waals surface area contributed by atoms with Crippen molar-refractivity contribution >= 4 is 29.2 Å².